The van der Waals surface area contributed by atoms with Crippen molar-refractivity contribution in [2.45, 2.75) is 37.5 Å². The van der Waals surface area contributed by atoms with Gasteiger partial charge in [0, 0.05) is 62.9 Å². The van der Waals surface area contributed by atoms with Crippen LogP contribution in [0, 0.1) is 11.6 Å². The molecule has 3 aromatic rings. The van der Waals surface area contributed by atoms with Crippen molar-refractivity contribution in [2.75, 3.05) is 33.4 Å². The minimum atomic E-state index is -1.19. The standard InChI is InChI=1S/C29H33BrF2N4O4/c1-40-15-9-27(38)36-13-10-29(11-14-36,35-26(37)7-3-19-2-5-24(32)23(30)16-19)28(39)33-12-8-20-18-34-25-6-4-21(31)17-22(20)25/h2-7,16-18,27,34,38H,8-15H2,1H3,(H,33,39)(H,35,37)/b7-3+. The number of aliphatic hydroxyl groups excluding tert-OH is 1. The number of nitrogens with zero attached hydrogens (tertiary/aromatic N) is 1. The van der Waals surface area contributed by atoms with Crippen molar-refractivity contribution in [2.24, 2.45) is 0 Å². The Morgan fingerprint density at radius 2 is 2.00 bits per heavy atom. The minimum Gasteiger partial charge on any atom is -0.385 e. The zero-order chi connectivity index (χ0) is 28.7. The van der Waals surface area contributed by atoms with Crippen molar-refractivity contribution >= 4 is 44.7 Å². The smallest absolute Gasteiger partial charge is 0.245 e. The van der Waals surface area contributed by atoms with E-state index in [-0.39, 0.29) is 16.2 Å². The van der Waals surface area contributed by atoms with Crippen molar-refractivity contribution in [1.29, 1.82) is 0 Å². The number of ether oxygens (including phenoxy) is 1. The number of carbonyl (C=O) groups is 2. The predicted octanol–water partition coefficient (Wildman–Crippen LogP) is 3.89. The average Bonchev–Trinajstić information content (AvgIpc) is 3.34. The summed E-state index contributed by atoms with van der Waals surface area (Å²) in [5.74, 6) is -1.53. The van der Waals surface area contributed by atoms with Crippen LogP contribution in [0.1, 0.15) is 30.4 Å². The number of benzene rings is 2. The van der Waals surface area contributed by atoms with E-state index in [2.05, 4.69) is 31.5 Å². The molecule has 2 heterocycles. The summed E-state index contributed by atoms with van der Waals surface area (Å²) in [7, 11) is 1.57. The van der Waals surface area contributed by atoms with Crippen LogP contribution in [-0.4, -0.2) is 71.9 Å². The van der Waals surface area contributed by atoms with Crippen LogP contribution in [0.25, 0.3) is 17.0 Å². The number of aliphatic hydroxyl groups is 1. The van der Waals surface area contributed by atoms with E-state index in [0.29, 0.717) is 57.5 Å². The van der Waals surface area contributed by atoms with Crippen molar-refractivity contribution in [3.05, 3.63) is 75.9 Å². The molecule has 2 aromatic carbocycles. The lowest BCUT2D eigenvalue weighted by atomic mass is 9.85. The lowest BCUT2D eigenvalue weighted by molar-refractivity contribution is -0.136. The molecule has 0 radical (unpaired) electrons. The molecule has 1 aliphatic rings. The molecule has 0 bridgehead atoms. The van der Waals surface area contributed by atoms with Crippen LogP contribution in [0.4, 0.5) is 8.78 Å². The Bertz CT molecular complexity index is 1370. The zero-order valence-corrected chi connectivity index (χ0v) is 23.8. The Morgan fingerprint density at radius 3 is 2.73 bits per heavy atom. The molecule has 1 unspecified atom stereocenters. The van der Waals surface area contributed by atoms with Crippen molar-refractivity contribution < 1.29 is 28.2 Å². The molecule has 8 nitrogen and oxygen atoms in total. The molecule has 1 saturated heterocycles. The molecule has 1 aliphatic heterocycles. The summed E-state index contributed by atoms with van der Waals surface area (Å²) in [6.45, 7) is 1.49. The number of hydrogen-bond acceptors (Lipinski definition) is 5. The molecule has 1 fully saturated rings. The van der Waals surface area contributed by atoms with Crippen molar-refractivity contribution in [3.8, 4) is 0 Å². The summed E-state index contributed by atoms with van der Waals surface area (Å²) in [4.78, 5) is 31.5. The van der Waals surface area contributed by atoms with E-state index in [9.17, 15) is 23.5 Å². The van der Waals surface area contributed by atoms with E-state index in [4.69, 9.17) is 4.74 Å². The second kappa shape index (κ2) is 13.5. The average molecular weight is 620 g/mol. The summed E-state index contributed by atoms with van der Waals surface area (Å²) in [6, 6.07) is 8.91. The number of fused-ring (bicyclic) bond motifs is 1. The van der Waals surface area contributed by atoms with Crippen LogP contribution >= 0.6 is 15.9 Å². The zero-order valence-electron chi connectivity index (χ0n) is 22.2. The number of likely N-dealkylation sites (tertiary alicyclic amines) is 1. The summed E-state index contributed by atoms with van der Waals surface area (Å²) in [5, 5.41) is 17.1. The molecule has 0 saturated carbocycles. The quantitative estimate of drug-likeness (QED) is 0.244. The first kappa shape index (κ1) is 29.9. The number of hydrogen-bond donors (Lipinski definition) is 4. The molecule has 1 atom stereocenters. The molecular weight excluding hydrogens is 586 g/mol. The molecule has 0 aliphatic carbocycles. The predicted molar refractivity (Wildman–Crippen MR) is 152 cm³/mol. The third-order valence-corrected chi connectivity index (χ3v) is 7.84. The molecular formula is C29H33BrF2N4O4. The number of amides is 2. The molecule has 4 N–H and O–H groups in total. The highest BCUT2D eigenvalue weighted by molar-refractivity contribution is 9.10. The third-order valence-electron chi connectivity index (χ3n) is 7.23. The minimum absolute atomic E-state index is 0.281. The van der Waals surface area contributed by atoms with Gasteiger partial charge < -0.3 is 25.5 Å². The number of methoxy groups -OCH3 is 1. The maximum absolute atomic E-state index is 13.7. The number of aromatic nitrogens is 1. The van der Waals surface area contributed by atoms with Crippen molar-refractivity contribution in [1.82, 2.24) is 20.5 Å². The summed E-state index contributed by atoms with van der Waals surface area (Å²) >= 11 is 3.13. The second-order valence-corrected chi connectivity index (χ2v) is 10.7. The molecule has 214 valence electrons. The van der Waals surface area contributed by atoms with Crippen LogP contribution in [0.5, 0.6) is 0 Å². The van der Waals surface area contributed by atoms with Gasteiger partial charge in [0.15, 0.2) is 0 Å². The van der Waals surface area contributed by atoms with Gasteiger partial charge in [0.05, 0.1) is 4.47 Å². The maximum Gasteiger partial charge on any atom is 0.245 e. The second-order valence-electron chi connectivity index (χ2n) is 9.89. The monoisotopic (exact) mass is 618 g/mol. The lowest BCUT2D eigenvalue weighted by Gasteiger charge is -2.42. The van der Waals surface area contributed by atoms with Gasteiger partial charge in [-0.15, -0.1) is 0 Å². The molecule has 40 heavy (non-hydrogen) atoms. The van der Waals surface area contributed by atoms with Crippen LogP contribution in [0.3, 0.4) is 0 Å². The van der Waals surface area contributed by atoms with E-state index in [1.165, 1.54) is 24.3 Å². The largest absolute Gasteiger partial charge is 0.385 e. The molecule has 2 amide bonds. The van der Waals surface area contributed by atoms with Crippen molar-refractivity contribution in [3.63, 3.8) is 0 Å². The number of halogens is 3. The van der Waals surface area contributed by atoms with Gasteiger partial charge in [-0.3, -0.25) is 14.5 Å². The Morgan fingerprint density at radius 1 is 1.23 bits per heavy atom. The fourth-order valence-electron chi connectivity index (χ4n) is 4.92. The van der Waals surface area contributed by atoms with E-state index in [0.717, 1.165) is 16.5 Å². The number of carbonyl (C=O) groups excluding carboxylic acids is 2. The van der Waals surface area contributed by atoms with Crippen LogP contribution < -0.4 is 10.6 Å². The molecule has 0 spiro atoms. The van der Waals surface area contributed by atoms with Gasteiger partial charge in [0.1, 0.15) is 23.4 Å². The van der Waals surface area contributed by atoms with Gasteiger partial charge in [-0.25, -0.2) is 8.78 Å². The highest BCUT2D eigenvalue weighted by atomic mass is 79.9. The number of piperidine rings is 1. The highest BCUT2D eigenvalue weighted by Gasteiger charge is 2.43. The Kier molecular flexibility index (Phi) is 10.1. The van der Waals surface area contributed by atoms with Gasteiger partial charge in [-0.1, -0.05) is 6.07 Å². The SMILES string of the molecule is COCCC(O)N1CCC(NC(=O)/C=C/c2ccc(F)c(Br)c2)(C(=O)NCCc2c[nH]c3ccc(F)cc23)CC1. The maximum atomic E-state index is 13.7. The lowest BCUT2D eigenvalue weighted by Crippen LogP contribution is -2.64. The van der Waals surface area contributed by atoms with Crippen LogP contribution in [0.2, 0.25) is 0 Å². The fourth-order valence-corrected chi connectivity index (χ4v) is 5.32. The summed E-state index contributed by atoms with van der Waals surface area (Å²) < 4.78 is 32.6. The van der Waals surface area contributed by atoms with E-state index in [1.54, 1.807) is 37.6 Å². The number of nitrogens with one attached hydrogen (secondary N) is 3. The summed E-state index contributed by atoms with van der Waals surface area (Å²) in [6.07, 6.45) is 5.44. The van der Waals surface area contributed by atoms with Gasteiger partial charge in [0.25, 0.3) is 0 Å². The van der Waals surface area contributed by atoms with Crippen LogP contribution in [0.15, 0.2) is 53.1 Å². The number of H-pyrrole nitrogens is 1. The van der Waals surface area contributed by atoms with E-state index < -0.39 is 23.5 Å². The van der Waals surface area contributed by atoms with Gasteiger partial charge in [-0.05, 0) is 82.7 Å². The first-order valence-electron chi connectivity index (χ1n) is 13.1. The Hall–Kier alpha value is -3.12. The van der Waals surface area contributed by atoms with Gasteiger partial charge in [0.2, 0.25) is 11.8 Å². The van der Waals surface area contributed by atoms with Gasteiger partial charge in [-0.2, -0.15) is 0 Å². The fraction of sp³-hybridized carbons (Fsp3) is 0.379. The molecule has 11 heteroatoms. The third kappa shape index (κ3) is 7.34. The normalized spacial score (nSPS) is 16.3. The first-order chi connectivity index (χ1) is 19.2. The molecule has 1 aromatic heterocycles. The molecule has 4 rings (SSSR count). The van der Waals surface area contributed by atoms with Crippen LogP contribution in [-0.2, 0) is 20.7 Å². The number of rotatable bonds is 11. The highest BCUT2D eigenvalue weighted by Crippen LogP contribution is 2.26. The summed E-state index contributed by atoms with van der Waals surface area (Å²) in [5.41, 5.74) is 1.12. The Balaban J connectivity index is 1.44. The topological polar surface area (TPSA) is 107 Å². The first-order valence-corrected chi connectivity index (χ1v) is 13.9. The Labute approximate surface area is 239 Å². The number of aromatic amines is 1. The van der Waals surface area contributed by atoms with Gasteiger partial charge >= 0.3 is 0 Å². The van der Waals surface area contributed by atoms with E-state index >= 15 is 0 Å². The van der Waals surface area contributed by atoms with E-state index in [1.807, 2.05) is 4.90 Å².